The number of imidazole rings is 1. The maximum Gasteiger partial charge on any atom is 0.114 e. The van der Waals surface area contributed by atoms with E-state index in [1.807, 2.05) is 6.20 Å². The molecule has 0 aromatic carbocycles. The van der Waals surface area contributed by atoms with Gasteiger partial charge in [-0.2, -0.15) is 0 Å². The summed E-state index contributed by atoms with van der Waals surface area (Å²) < 4.78 is 2.31. The van der Waals surface area contributed by atoms with Gasteiger partial charge in [0.25, 0.3) is 0 Å². The third-order valence-corrected chi connectivity index (χ3v) is 3.27. The molecule has 0 unspecified atom stereocenters. The Morgan fingerprint density at radius 1 is 1.29 bits per heavy atom. The molecule has 0 fully saturated rings. The number of fused-ring (bicyclic) bond motifs is 1. The van der Waals surface area contributed by atoms with Crippen molar-refractivity contribution in [1.29, 1.82) is 0 Å². The summed E-state index contributed by atoms with van der Waals surface area (Å²) in [6, 6.07) is 0. The van der Waals surface area contributed by atoms with Crippen LogP contribution in [0.1, 0.15) is 46.4 Å². The van der Waals surface area contributed by atoms with Gasteiger partial charge < -0.3 is 4.57 Å². The molecular weight excluding hydrogens is 172 g/mol. The molecule has 2 heterocycles. The van der Waals surface area contributed by atoms with Crippen molar-refractivity contribution in [2.75, 3.05) is 0 Å². The van der Waals surface area contributed by atoms with Crippen molar-refractivity contribution in [3.8, 4) is 0 Å². The molecule has 78 valence electrons. The number of hydrogen-bond acceptors (Lipinski definition) is 1. The van der Waals surface area contributed by atoms with E-state index in [-0.39, 0.29) is 5.41 Å². The first-order valence-corrected chi connectivity index (χ1v) is 5.42. The van der Waals surface area contributed by atoms with E-state index in [2.05, 4.69) is 43.4 Å². The molecule has 0 N–H and O–H groups in total. The van der Waals surface area contributed by atoms with E-state index in [1.54, 1.807) is 0 Å². The normalized spacial score (nSPS) is 24.0. The average molecular weight is 192 g/mol. The molecule has 1 aliphatic heterocycles. The second-order valence-corrected chi connectivity index (χ2v) is 5.92. The maximum atomic E-state index is 4.50. The predicted octanol–water partition coefficient (Wildman–Crippen LogP) is 2.98. The van der Waals surface area contributed by atoms with Crippen LogP contribution in [0.3, 0.4) is 0 Å². The highest BCUT2D eigenvalue weighted by Crippen LogP contribution is 2.40. The van der Waals surface area contributed by atoms with Crippen LogP contribution >= 0.6 is 0 Å². The molecular formula is C12H20N2. The number of nitrogens with zero attached hydrogens (tertiary/aromatic N) is 2. The van der Waals surface area contributed by atoms with Gasteiger partial charge in [-0.3, -0.25) is 0 Å². The zero-order valence-corrected chi connectivity index (χ0v) is 9.67. The van der Waals surface area contributed by atoms with Crippen molar-refractivity contribution in [2.45, 2.75) is 52.5 Å². The van der Waals surface area contributed by atoms with Gasteiger partial charge in [0.1, 0.15) is 5.82 Å². The molecule has 0 amide bonds. The minimum absolute atomic E-state index is 0.212. The molecule has 1 aliphatic rings. The Morgan fingerprint density at radius 3 is 2.71 bits per heavy atom. The Bertz CT molecular complexity index is 334. The fourth-order valence-electron chi connectivity index (χ4n) is 2.86. The molecule has 0 atom stereocenters. The smallest absolute Gasteiger partial charge is 0.114 e. The number of rotatable bonds is 0. The molecule has 2 nitrogen and oxygen atoms in total. The third kappa shape index (κ3) is 1.58. The van der Waals surface area contributed by atoms with Gasteiger partial charge in [0.05, 0.1) is 0 Å². The molecule has 0 radical (unpaired) electrons. The summed E-state index contributed by atoms with van der Waals surface area (Å²) in [6.07, 6.45) is 6.50. The van der Waals surface area contributed by atoms with E-state index < -0.39 is 0 Å². The summed E-state index contributed by atoms with van der Waals surface area (Å²) in [4.78, 5) is 4.50. The van der Waals surface area contributed by atoms with Gasteiger partial charge in [0.2, 0.25) is 0 Å². The number of aryl methyl sites for hydroxylation is 1. The largest absolute Gasteiger partial charge is 0.334 e. The fourth-order valence-corrected chi connectivity index (χ4v) is 2.86. The number of hydrogen-bond donors (Lipinski definition) is 0. The summed E-state index contributed by atoms with van der Waals surface area (Å²) >= 11 is 0. The molecule has 0 bridgehead atoms. The lowest BCUT2D eigenvalue weighted by atomic mass is 9.74. The van der Waals surface area contributed by atoms with Gasteiger partial charge in [-0.25, -0.2) is 4.98 Å². The summed E-state index contributed by atoms with van der Waals surface area (Å²) in [5.41, 5.74) is 0.647. The van der Waals surface area contributed by atoms with Crippen LogP contribution in [-0.2, 0) is 12.0 Å². The van der Waals surface area contributed by atoms with Gasteiger partial charge in [0.15, 0.2) is 0 Å². The monoisotopic (exact) mass is 192 g/mol. The summed E-state index contributed by atoms with van der Waals surface area (Å²) in [5, 5.41) is 0. The summed E-state index contributed by atoms with van der Waals surface area (Å²) in [6.45, 7) is 10.5. The molecule has 1 aromatic heterocycles. The maximum absolute atomic E-state index is 4.50. The van der Waals surface area contributed by atoms with E-state index in [0.29, 0.717) is 5.41 Å². The van der Waals surface area contributed by atoms with E-state index in [0.717, 1.165) is 6.54 Å². The second kappa shape index (κ2) is 2.85. The molecule has 0 saturated heterocycles. The van der Waals surface area contributed by atoms with Crippen LogP contribution in [-0.4, -0.2) is 9.55 Å². The van der Waals surface area contributed by atoms with Gasteiger partial charge in [-0.15, -0.1) is 0 Å². The first kappa shape index (κ1) is 9.75. The first-order valence-electron chi connectivity index (χ1n) is 5.42. The standard InChI is InChI=1S/C12H20N2/c1-11(2)5-7-14-8-6-13-10(14)12(3,4)9-11/h6,8H,5,7,9H2,1-4H3. The summed E-state index contributed by atoms with van der Waals surface area (Å²) in [7, 11) is 0. The van der Waals surface area contributed by atoms with Crippen molar-refractivity contribution in [3.05, 3.63) is 18.2 Å². The van der Waals surface area contributed by atoms with Gasteiger partial charge in [-0.1, -0.05) is 27.7 Å². The van der Waals surface area contributed by atoms with Crippen LogP contribution < -0.4 is 0 Å². The summed E-state index contributed by atoms with van der Waals surface area (Å²) in [5.74, 6) is 1.25. The average Bonchev–Trinajstić information content (AvgIpc) is 2.43. The Balaban J connectivity index is 2.42. The van der Waals surface area contributed by atoms with E-state index in [4.69, 9.17) is 0 Å². The molecule has 1 aromatic rings. The molecule has 2 heteroatoms. The molecule has 0 saturated carbocycles. The van der Waals surface area contributed by atoms with Gasteiger partial charge >= 0.3 is 0 Å². The van der Waals surface area contributed by atoms with Gasteiger partial charge in [0, 0.05) is 24.4 Å². The molecule has 14 heavy (non-hydrogen) atoms. The van der Waals surface area contributed by atoms with Crippen molar-refractivity contribution < 1.29 is 0 Å². The van der Waals surface area contributed by atoms with Crippen molar-refractivity contribution in [1.82, 2.24) is 9.55 Å². The van der Waals surface area contributed by atoms with Crippen LogP contribution in [0.25, 0.3) is 0 Å². The predicted molar refractivity (Wildman–Crippen MR) is 58.3 cm³/mol. The topological polar surface area (TPSA) is 17.8 Å². The molecule has 0 aliphatic carbocycles. The van der Waals surface area contributed by atoms with Crippen molar-refractivity contribution >= 4 is 0 Å². The van der Waals surface area contributed by atoms with E-state index in [9.17, 15) is 0 Å². The Hall–Kier alpha value is -0.790. The Labute approximate surface area is 86.3 Å². The van der Waals surface area contributed by atoms with Crippen molar-refractivity contribution in [3.63, 3.8) is 0 Å². The quantitative estimate of drug-likeness (QED) is 0.618. The van der Waals surface area contributed by atoms with Crippen LogP contribution in [0.15, 0.2) is 12.4 Å². The lowest BCUT2D eigenvalue weighted by Crippen LogP contribution is -2.26. The third-order valence-electron chi connectivity index (χ3n) is 3.27. The van der Waals surface area contributed by atoms with Crippen LogP contribution in [0.2, 0.25) is 0 Å². The van der Waals surface area contributed by atoms with Crippen LogP contribution in [0.5, 0.6) is 0 Å². The van der Waals surface area contributed by atoms with E-state index >= 15 is 0 Å². The first-order chi connectivity index (χ1) is 6.41. The lowest BCUT2D eigenvalue weighted by molar-refractivity contribution is 0.248. The highest BCUT2D eigenvalue weighted by Gasteiger charge is 2.35. The van der Waals surface area contributed by atoms with Crippen LogP contribution in [0, 0.1) is 5.41 Å². The van der Waals surface area contributed by atoms with E-state index in [1.165, 1.54) is 18.7 Å². The zero-order valence-electron chi connectivity index (χ0n) is 9.67. The molecule has 2 rings (SSSR count). The highest BCUT2D eigenvalue weighted by molar-refractivity contribution is 5.10. The SMILES string of the molecule is CC1(C)CCn2ccnc2C(C)(C)C1. The fraction of sp³-hybridized carbons (Fsp3) is 0.750. The van der Waals surface area contributed by atoms with Gasteiger partial charge in [-0.05, 0) is 18.3 Å². The van der Waals surface area contributed by atoms with Crippen molar-refractivity contribution in [2.24, 2.45) is 5.41 Å². The van der Waals surface area contributed by atoms with Crippen LogP contribution in [0.4, 0.5) is 0 Å². The minimum Gasteiger partial charge on any atom is -0.334 e. The Kier molecular flexibility index (Phi) is 1.98. The second-order valence-electron chi connectivity index (χ2n) is 5.92. The zero-order chi connectivity index (χ0) is 10.4. The minimum atomic E-state index is 0.212. The highest BCUT2D eigenvalue weighted by atomic mass is 15.1. The number of aromatic nitrogens is 2. The Morgan fingerprint density at radius 2 is 2.00 bits per heavy atom. The molecule has 0 spiro atoms. The lowest BCUT2D eigenvalue weighted by Gasteiger charge is -2.30.